The summed E-state index contributed by atoms with van der Waals surface area (Å²) in [5.41, 5.74) is 0. The van der Waals surface area contributed by atoms with Crippen molar-refractivity contribution in [3.8, 4) is 0 Å². The molecule has 0 fully saturated rings. The van der Waals surface area contributed by atoms with E-state index in [1.165, 1.54) is 0 Å². The summed E-state index contributed by atoms with van der Waals surface area (Å²) in [6, 6.07) is 0. The molecule has 0 amide bonds. The Labute approximate surface area is 311 Å². The van der Waals surface area contributed by atoms with E-state index in [9.17, 15) is 59.4 Å². The predicted molar refractivity (Wildman–Crippen MR) is 175 cm³/mol. The van der Waals surface area contributed by atoms with Crippen molar-refractivity contribution in [2.75, 3.05) is 0 Å². The Balaban J connectivity index is -0.0000000860. The van der Waals surface area contributed by atoms with E-state index >= 15 is 0 Å². The summed E-state index contributed by atoms with van der Waals surface area (Å²) in [4.78, 5) is 58.6. The number of carbonyl (C=O) groups excluding carboxylic acids is 6. The summed E-state index contributed by atoms with van der Waals surface area (Å²) in [5, 5.41) is 58.6. The minimum absolute atomic E-state index is 0. The van der Waals surface area contributed by atoms with Crippen molar-refractivity contribution in [2.45, 2.75) is 196 Å². The maximum atomic E-state index is 9.76. The third-order valence-electron chi connectivity index (χ3n) is 5.91. The van der Waals surface area contributed by atoms with Crippen LogP contribution in [0.15, 0.2) is 0 Å². The Kier molecular flexibility index (Phi) is 72.7. The molecule has 0 aliphatic rings. The Morgan fingerprint density at radius 3 is 0.429 bits per heavy atom. The minimum atomic E-state index is -0.932. The van der Waals surface area contributed by atoms with Crippen molar-refractivity contribution < 1.29 is 80.5 Å². The smallest absolute Gasteiger partial charge is 0.550 e. The van der Waals surface area contributed by atoms with Gasteiger partial charge in [-0.2, -0.15) is 0 Å². The van der Waals surface area contributed by atoms with Crippen LogP contribution in [0.5, 0.6) is 0 Å². The molecular formula is C36H66MoO12. The van der Waals surface area contributed by atoms with Gasteiger partial charge >= 0.3 is 21.1 Å². The van der Waals surface area contributed by atoms with Crippen LogP contribution in [0.1, 0.15) is 196 Å². The number of carboxylic acids is 6. The van der Waals surface area contributed by atoms with Gasteiger partial charge in [0.2, 0.25) is 0 Å². The number of hydrogen-bond acceptors (Lipinski definition) is 12. The van der Waals surface area contributed by atoms with E-state index in [-0.39, 0.29) is 59.6 Å². The average Bonchev–Trinajstić information content (AvgIpc) is 2.99. The fourth-order valence-corrected chi connectivity index (χ4v) is 3.12. The largest absolute Gasteiger partial charge is 6.00 e. The first-order valence-corrected chi connectivity index (χ1v) is 17.8. The van der Waals surface area contributed by atoms with Gasteiger partial charge in [0.05, 0.1) is 0 Å². The number of carbonyl (C=O) groups is 6. The molecule has 0 bridgehead atoms. The fraction of sp³-hybridized carbons (Fsp3) is 0.833. The van der Waals surface area contributed by atoms with Crippen molar-refractivity contribution in [3.63, 3.8) is 0 Å². The summed E-state index contributed by atoms with van der Waals surface area (Å²) < 4.78 is 0. The summed E-state index contributed by atoms with van der Waals surface area (Å²) in [5.74, 6) is -5.59. The van der Waals surface area contributed by atoms with E-state index in [2.05, 4.69) is 0 Å². The molecule has 0 spiro atoms. The molecule has 0 aromatic heterocycles. The van der Waals surface area contributed by atoms with E-state index in [0.717, 1.165) is 116 Å². The Morgan fingerprint density at radius 2 is 0.367 bits per heavy atom. The molecular weight excluding hydrogens is 720 g/mol. The Bertz CT molecular complexity index is 576. The van der Waals surface area contributed by atoms with Crippen molar-refractivity contribution in [2.24, 2.45) is 0 Å². The zero-order chi connectivity index (χ0) is 38.4. The monoisotopic (exact) mass is 788 g/mol. The number of rotatable bonds is 24. The maximum Gasteiger partial charge on any atom is 6.00 e. The van der Waals surface area contributed by atoms with E-state index < -0.39 is 35.8 Å². The topological polar surface area (TPSA) is 241 Å². The zero-order valence-electron chi connectivity index (χ0n) is 31.3. The molecule has 12 nitrogen and oxygen atoms in total. The van der Waals surface area contributed by atoms with Crippen LogP contribution in [0.2, 0.25) is 0 Å². The molecule has 0 aromatic carbocycles. The summed E-state index contributed by atoms with van der Waals surface area (Å²) in [6.07, 6.45) is 18.2. The third-order valence-corrected chi connectivity index (χ3v) is 5.91. The normalized spacial score (nSPS) is 8.94. The molecule has 0 aliphatic heterocycles. The van der Waals surface area contributed by atoms with Gasteiger partial charge in [0.25, 0.3) is 0 Å². The number of aliphatic carboxylic acids is 6. The maximum absolute atomic E-state index is 9.76. The molecule has 0 saturated heterocycles. The van der Waals surface area contributed by atoms with Crippen LogP contribution in [0, 0.1) is 0 Å². The number of carboxylic acid groups (broad SMARTS) is 6. The van der Waals surface area contributed by atoms with Gasteiger partial charge < -0.3 is 59.4 Å². The van der Waals surface area contributed by atoms with Crippen LogP contribution in [0.25, 0.3) is 0 Å². The summed E-state index contributed by atoms with van der Waals surface area (Å²) in [7, 11) is 0. The quantitative estimate of drug-likeness (QED) is 0.101. The molecule has 0 heterocycles. The van der Waals surface area contributed by atoms with Crippen LogP contribution in [0.4, 0.5) is 0 Å². The molecule has 288 valence electrons. The number of unbranched alkanes of at least 4 members (excludes halogenated alkanes) is 12. The van der Waals surface area contributed by atoms with Crippen molar-refractivity contribution in [1.82, 2.24) is 0 Å². The van der Waals surface area contributed by atoms with Gasteiger partial charge in [0.1, 0.15) is 0 Å². The Hall–Kier alpha value is -2.49. The van der Waals surface area contributed by atoms with Crippen LogP contribution < -0.4 is 30.6 Å². The molecule has 0 atom stereocenters. The molecule has 0 radical (unpaired) electrons. The van der Waals surface area contributed by atoms with Gasteiger partial charge in [0, 0.05) is 35.8 Å². The van der Waals surface area contributed by atoms with Gasteiger partial charge in [-0.15, -0.1) is 0 Å². The van der Waals surface area contributed by atoms with Gasteiger partial charge in [-0.1, -0.05) is 119 Å². The average molecular weight is 787 g/mol. The second-order valence-electron chi connectivity index (χ2n) is 11.0. The van der Waals surface area contributed by atoms with Crippen LogP contribution in [-0.2, 0) is 49.8 Å². The Morgan fingerprint density at radius 1 is 0.265 bits per heavy atom. The SMILES string of the molecule is CCCCCC(=O)[O-].CCCCCC(=O)[O-].CCCCCC(=O)[O-].CCCCCC(=O)[O-].CCCCCC(=O)[O-].CCCCCC(=O)[O-].[Mo+6]. The molecule has 49 heavy (non-hydrogen) atoms. The molecule has 0 aromatic rings. The second kappa shape index (κ2) is 57.8. The molecule has 0 unspecified atom stereocenters. The summed E-state index contributed by atoms with van der Waals surface area (Å²) >= 11 is 0. The molecule has 0 rings (SSSR count). The van der Waals surface area contributed by atoms with Crippen molar-refractivity contribution >= 4 is 35.8 Å². The van der Waals surface area contributed by atoms with Gasteiger partial charge in [-0.25, -0.2) is 0 Å². The van der Waals surface area contributed by atoms with Gasteiger partial charge in [-0.3, -0.25) is 0 Å². The second-order valence-corrected chi connectivity index (χ2v) is 11.0. The first kappa shape index (κ1) is 61.7. The minimum Gasteiger partial charge on any atom is -0.550 e. The predicted octanol–water partition coefficient (Wildman–Crippen LogP) is 1.90. The van der Waals surface area contributed by atoms with E-state index in [1.807, 2.05) is 41.5 Å². The standard InChI is InChI=1S/6C6H12O2.Mo/c6*1-2-3-4-5-6(7)8;/h6*2-5H2,1H3,(H,7,8);/q;;;;;;+6/p-6. The molecule has 0 N–H and O–H groups in total. The third kappa shape index (κ3) is 114. The van der Waals surface area contributed by atoms with Crippen LogP contribution in [0.3, 0.4) is 0 Å². The summed E-state index contributed by atoms with van der Waals surface area (Å²) in [6.45, 7) is 12.2. The molecule has 0 saturated carbocycles. The van der Waals surface area contributed by atoms with Crippen molar-refractivity contribution in [3.05, 3.63) is 0 Å². The van der Waals surface area contributed by atoms with Gasteiger partial charge in [0.15, 0.2) is 0 Å². The first-order valence-electron chi connectivity index (χ1n) is 17.8. The molecule has 13 heteroatoms. The fourth-order valence-electron chi connectivity index (χ4n) is 3.12. The van der Waals surface area contributed by atoms with Crippen molar-refractivity contribution in [1.29, 1.82) is 0 Å². The number of hydrogen-bond donors (Lipinski definition) is 0. The van der Waals surface area contributed by atoms with Crippen LogP contribution in [-0.4, -0.2) is 35.8 Å². The van der Waals surface area contributed by atoms with E-state index in [0.29, 0.717) is 0 Å². The van der Waals surface area contributed by atoms with Gasteiger partial charge in [-0.05, 0) is 77.0 Å². The molecule has 0 aliphatic carbocycles. The zero-order valence-corrected chi connectivity index (χ0v) is 33.3. The first-order chi connectivity index (χ1) is 22.6. The van der Waals surface area contributed by atoms with Crippen LogP contribution >= 0.6 is 0 Å². The van der Waals surface area contributed by atoms with E-state index in [4.69, 9.17) is 0 Å². The van der Waals surface area contributed by atoms with E-state index in [1.54, 1.807) is 0 Å².